The Bertz CT molecular complexity index is 646. The van der Waals surface area contributed by atoms with Crippen LogP contribution in [0.2, 0.25) is 0 Å². The molecule has 9 heteroatoms. The van der Waals surface area contributed by atoms with Crippen LogP contribution in [0.1, 0.15) is 19.4 Å². The molecule has 0 fully saturated rings. The Hall–Kier alpha value is -2.26. The fourth-order valence-corrected chi connectivity index (χ4v) is 2.26. The number of carbonyl (C=O) groups excluding carboxylic acids is 1. The molecule has 1 aromatic rings. The molecule has 1 heterocycles. The molecule has 0 saturated carbocycles. The van der Waals surface area contributed by atoms with Gasteiger partial charge in [-0.1, -0.05) is 12.1 Å². The summed E-state index contributed by atoms with van der Waals surface area (Å²) >= 11 is 0. The first kappa shape index (κ1) is 20.1. The minimum Gasteiger partial charge on any atom is -0.466 e. The van der Waals surface area contributed by atoms with Crippen molar-refractivity contribution < 1.29 is 32.3 Å². The molecular formula is C17H21F3N2O4. The minimum atomic E-state index is -4.51. The summed E-state index contributed by atoms with van der Waals surface area (Å²) in [4.78, 5) is 18.9. The van der Waals surface area contributed by atoms with Gasteiger partial charge in [0.15, 0.2) is 6.73 Å². The molecule has 2 rings (SSSR count). The topological polar surface area (TPSA) is 51.2 Å². The molecule has 26 heavy (non-hydrogen) atoms. The van der Waals surface area contributed by atoms with Crippen molar-refractivity contribution in [3.8, 4) is 0 Å². The van der Waals surface area contributed by atoms with Crippen LogP contribution < -0.4 is 4.90 Å². The normalized spacial score (nSPS) is 15.5. The van der Waals surface area contributed by atoms with E-state index in [9.17, 15) is 18.0 Å². The average molecular weight is 374 g/mol. The van der Waals surface area contributed by atoms with E-state index in [1.54, 1.807) is 38.1 Å². The molecule has 1 aromatic carbocycles. The van der Waals surface area contributed by atoms with Gasteiger partial charge in [-0.3, -0.25) is 9.63 Å². The van der Waals surface area contributed by atoms with Crippen LogP contribution in [0.5, 0.6) is 0 Å². The van der Waals surface area contributed by atoms with E-state index in [2.05, 4.69) is 4.74 Å². The second-order valence-corrected chi connectivity index (χ2v) is 5.57. The number of benzene rings is 1. The largest absolute Gasteiger partial charge is 0.466 e. The number of ether oxygens (including phenoxy) is 2. The predicted octanol–water partition coefficient (Wildman–Crippen LogP) is 3.20. The number of nitrogens with zero attached hydrogens (tertiary/aromatic N) is 2. The van der Waals surface area contributed by atoms with Gasteiger partial charge in [-0.25, -0.2) is 5.06 Å². The maximum atomic E-state index is 12.6. The zero-order valence-electron chi connectivity index (χ0n) is 14.7. The van der Waals surface area contributed by atoms with Gasteiger partial charge in [0, 0.05) is 12.8 Å². The van der Waals surface area contributed by atoms with Crippen LogP contribution in [0.4, 0.5) is 18.9 Å². The SMILES string of the molecule is CCON(Cc1ccc(N2C=C(C(F)(F)F)OC2)cc1)C(=O)C(C)OC. The highest BCUT2D eigenvalue weighted by molar-refractivity contribution is 5.79. The third-order valence-electron chi connectivity index (χ3n) is 3.74. The van der Waals surface area contributed by atoms with Gasteiger partial charge in [-0.15, -0.1) is 0 Å². The molecule has 0 bridgehead atoms. The van der Waals surface area contributed by atoms with E-state index < -0.39 is 18.0 Å². The number of hydrogen-bond donors (Lipinski definition) is 0. The quantitative estimate of drug-likeness (QED) is 0.686. The van der Waals surface area contributed by atoms with Gasteiger partial charge in [0.25, 0.3) is 5.91 Å². The lowest BCUT2D eigenvalue weighted by atomic mass is 10.2. The van der Waals surface area contributed by atoms with E-state index in [4.69, 9.17) is 9.57 Å². The summed E-state index contributed by atoms with van der Waals surface area (Å²) in [7, 11) is 1.43. The Kier molecular flexibility index (Phi) is 6.49. The summed E-state index contributed by atoms with van der Waals surface area (Å²) < 4.78 is 47.5. The molecule has 1 amide bonds. The minimum absolute atomic E-state index is 0.195. The van der Waals surface area contributed by atoms with Crippen molar-refractivity contribution in [3.63, 3.8) is 0 Å². The van der Waals surface area contributed by atoms with Gasteiger partial charge < -0.3 is 14.4 Å². The van der Waals surface area contributed by atoms with Gasteiger partial charge in [-0.05, 0) is 31.5 Å². The van der Waals surface area contributed by atoms with Crippen LogP contribution in [0, 0.1) is 0 Å². The monoisotopic (exact) mass is 374 g/mol. The fourth-order valence-electron chi connectivity index (χ4n) is 2.26. The van der Waals surface area contributed by atoms with Crippen LogP contribution in [0.15, 0.2) is 36.2 Å². The van der Waals surface area contributed by atoms with Crippen molar-refractivity contribution in [2.24, 2.45) is 0 Å². The molecule has 0 aliphatic carbocycles. The van der Waals surface area contributed by atoms with Crippen molar-refractivity contribution in [1.82, 2.24) is 5.06 Å². The molecule has 0 saturated heterocycles. The Labute approximate surface area is 149 Å². The van der Waals surface area contributed by atoms with Crippen molar-refractivity contribution in [1.29, 1.82) is 0 Å². The van der Waals surface area contributed by atoms with E-state index in [1.165, 1.54) is 17.1 Å². The fraction of sp³-hybridized carbons (Fsp3) is 0.471. The van der Waals surface area contributed by atoms with Crippen molar-refractivity contribution in [3.05, 3.63) is 41.8 Å². The third-order valence-corrected chi connectivity index (χ3v) is 3.74. The van der Waals surface area contributed by atoms with Crippen molar-refractivity contribution in [2.75, 3.05) is 25.3 Å². The number of hydroxylamine groups is 2. The van der Waals surface area contributed by atoms with E-state index in [1.807, 2.05) is 0 Å². The first-order chi connectivity index (χ1) is 12.3. The van der Waals surface area contributed by atoms with E-state index in [-0.39, 0.29) is 19.2 Å². The molecule has 0 spiro atoms. The smallest absolute Gasteiger partial charge is 0.450 e. The zero-order valence-corrected chi connectivity index (χ0v) is 14.7. The van der Waals surface area contributed by atoms with Gasteiger partial charge in [0.1, 0.15) is 6.10 Å². The number of halogens is 3. The summed E-state index contributed by atoms with van der Waals surface area (Å²) in [5, 5.41) is 1.21. The molecule has 1 aliphatic rings. The van der Waals surface area contributed by atoms with Gasteiger partial charge in [-0.2, -0.15) is 13.2 Å². The Morgan fingerprint density at radius 2 is 2.00 bits per heavy atom. The van der Waals surface area contributed by atoms with Gasteiger partial charge in [0.2, 0.25) is 5.76 Å². The number of amides is 1. The standard InChI is InChI=1S/C17H21F3N2O4/c1-4-26-22(16(23)12(2)24-3)9-13-5-7-14(8-6-13)21-10-15(25-11-21)17(18,19)20/h5-8,10,12H,4,9,11H2,1-3H3. The van der Waals surface area contributed by atoms with Crippen molar-refractivity contribution in [2.45, 2.75) is 32.7 Å². The number of hydrogen-bond acceptors (Lipinski definition) is 5. The molecule has 0 aromatic heterocycles. The summed E-state index contributed by atoms with van der Waals surface area (Å²) in [5.41, 5.74) is 1.31. The summed E-state index contributed by atoms with van der Waals surface area (Å²) in [6.07, 6.45) is -4.23. The lowest BCUT2D eigenvalue weighted by Gasteiger charge is -2.24. The number of carbonyl (C=O) groups is 1. The average Bonchev–Trinajstić information content (AvgIpc) is 3.11. The number of alkyl halides is 3. The van der Waals surface area contributed by atoms with Crippen LogP contribution >= 0.6 is 0 Å². The molecule has 144 valence electrons. The molecule has 1 atom stereocenters. The van der Waals surface area contributed by atoms with Gasteiger partial charge >= 0.3 is 6.18 Å². The Morgan fingerprint density at radius 1 is 1.35 bits per heavy atom. The van der Waals surface area contributed by atoms with Gasteiger partial charge in [0.05, 0.1) is 19.4 Å². The van der Waals surface area contributed by atoms with E-state index >= 15 is 0 Å². The molecule has 1 aliphatic heterocycles. The van der Waals surface area contributed by atoms with Crippen molar-refractivity contribution >= 4 is 11.6 Å². The summed E-state index contributed by atoms with van der Waals surface area (Å²) in [5.74, 6) is -1.34. The highest BCUT2D eigenvalue weighted by atomic mass is 19.4. The zero-order chi connectivity index (χ0) is 19.3. The molecule has 1 unspecified atom stereocenters. The second kappa shape index (κ2) is 8.41. The third kappa shape index (κ3) is 4.89. The number of methoxy groups -OCH3 is 1. The van der Waals surface area contributed by atoms with Crippen LogP contribution in [0.3, 0.4) is 0 Å². The highest BCUT2D eigenvalue weighted by Crippen LogP contribution is 2.32. The van der Waals surface area contributed by atoms with E-state index in [0.29, 0.717) is 12.3 Å². The first-order valence-corrected chi connectivity index (χ1v) is 8.00. The number of allylic oxidation sites excluding steroid dienone is 1. The highest BCUT2D eigenvalue weighted by Gasteiger charge is 2.39. The predicted molar refractivity (Wildman–Crippen MR) is 87.7 cm³/mol. The maximum absolute atomic E-state index is 12.6. The van der Waals surface area contributed by atoms with Crippen LogP contribution in [-0.4, -0.2) is 43.7 Å². The lowest BCUT2D eigenvalue weighted by molar-refractivity contribution is -0.197. The summed E-state index contributed by atoms with van der Waals surface area (Å²) in [6, 6.07) is 6.74. The molecule has 0 radical (unpaired) electrons. The molecule has 6 nitrogen and oxygen atoms in total. The summed E-state index contributed by atoms with van der Waals surface area (Å²) in [6.45, 7) is 3.69. The van der Waals surface area contributed by atoms with E-state index in [0.717, 1.165) is 11.8 Å². The number of anilines is 1. The molecular weight excluding hydrogens is 353 g/mol. The second-order valence-electron chi connectivity index (χ2n) is 5.57. The Balaban J connectivity index is 2.07. The molecule has 0 N–H and O–H groups in total. The maximum Gasteiger partial charge on any atom is 0.450 e. The Morgan fingerprint density at radius 3 is 2.50 bits per heavy atom. The lowest BCUT2D eigenvalue weighted by Crippen LogP contribution is -2.38. The van der Waals surface area contributed by atoms with Crippen LogP contribution in [0.25, 0.3) is 0 Å². The van der Waals surface area contributed by atoms with Crippen LogP contribution in [-0.2, 0) is 25.7 Å². The number of rotatable bonds is 7. The first-order valence-electron chi connectivity index (χ1n) is 8.00.